The Morgan fingerprint density at radius 1 is 1.53 bits per heavy atom. The first-order valence-electron chi connectivity index (χ1n) is 5.77. The average Bonchev–Trinajstić information content (AvgIpc) is 2.38. The number of nitriles is 1. The molecule has 0 heterocycles. The zero-order valence-corrected chi connectivity index (χ0v) is 13.2. The van der Waals surface area contributed by atoms with Crippen molar-refractivity contribution in [3.63, 3.8) is 0 Å². The molecular formula is C12H16BrN3O2S. The molecule has 0 saturated carbocycles. The van der Waals surface area contributed by atoms with Gasteiger partial charge in [-0.3, -0.25) is 0 Å². The summed E-state index contributed by atoms with van der Waals surface area (Å²) in [5.74, 6) is -0.355. The molecule has 0 bridgehead atoms. The van der Waals surface area contributed by atoms with Crippen LogP contribution in [0.4, 0.5) is 5.69 Å². The number of nitrogen functional groups attached to an aromatic ring is 1. The Kier molecular flexibility index (Phi) is 5.35. The second-order valence-corrected chi connectivity index (χ2v) is 6.96. The van der Waals surface area contributed by atoms with Crippen molar-refractivity contribution >= 4 is 31.6 Å². The maximum Gasteiger partial charge on any atom is 0.243 e. The number of sulfonamides is 1. The Bertz CT molecular complexity index is 595. The first kappa shape index (κ1) is 16.0. The highest BCUT2D eigenvalue weighted by atomic mass is 79.9. The zero-order valence-electron chi connectivity index (χ0n) is 10.8. The molecule has 0 amide bonds. The van der Waals surface area contributed by atoms with Gasteiger partial charge in [-0.05, 0) is 41.1 Å². The van der Waals surface area contributed by atoms with E-state index in [1.54, 1.807) is 19.9 Å². The second-order valence-electron chi connectivity index (χ2n) is 4.17. The lowest BCUT2D eigenvalue weighted by Crippen LogP contribution is -2.34. The number of halogens is 1. The number of rotatable bonds is 5. The minimum atomic E-state index is -3.60. The van der Waals surface area contributed by atoms with Crippen LogP contribution in [0.3, 0.4) is 0 Å². The molecule has 19 heavy (non-hydrogen) atoms. The van der Waals surface area contributed by atoms with Crippen molar-refractivity contribution in [3.05, 3.63) is 22.7 Å². The molecule has 7 heteroatoms. The van der Waals surface area contributed by atoms with Crippen LogP contribution in [0.15, 0.2) is 27.6 Å². The number of nitrogens with two attached hydrogens (primary N) is 1. The number of nitrogens with zero attached hydrogens (tertiary/aromatic N) is 2. The molecule has 1 atom stereocenters. The van der Waals surface area contributed by atoms with Gasteiger partial charge in [0.2, 0.25) is 10.0 Å². The smallest absolute Gasteiger partial charge is 0.243 e. The summed E-state index contributed by atoms with van der Waals surface area (Å²) in [7, 11) is -3.60. The third-order valence-electron chi connectivity index (χ3n) is 2.66. The molecule has 0 spiro atoms. The Hall–Kier alpha value is -1.10. The lowest BCUT2D eigenvalue weighted by atomic mass is 10.2. The van der Waals surface area contributed by atoms with Crippen molar-refractivity contribution in [3.8, 4) is 6.07 Å². The Balaban J connectivity index is 3.14. The van der Waals surface area contributed by atoms with Crippen LogP contribution in [0.1, 0.15) is 13.8 Å². The van der Waals surface area contributed by atoms with Gasteiger partial charge in [0.1, 0.15) is 0 Å². The summed E-state index contributed by atoms with van der Waals surface area (Å²) in [6.45, 7) is 3.93. The van der Waals surface area contributed by atoms with Gasteiger partial charge >= 0.3 is 0 Å². The average molecular weight is 346 g/mol. The molecule has 0 radical (unpaired) electrons. The minimum absolute atomic E-state index is 0.167. The molecule has 5 nitrogen and oxygen atoms in total. The summed E-state index contributed by atoms with van der Waals surface area (Å²) in [4.78, 5) is 0.167. The molecule has 0 fully saturated rings. The zero-order chi connectivity index (χ0) is 14.6. The van der Waals surface area contributed by atoms with Crippen molar-refractivity contribution < 1.29 is 8.42 Å². The van der Waals surface area contributed by atoms with E-state index >= 15 is 0 Å². The fraction of sp³-hybridized carbons (Fsp3) is 0.417. The number of anilines is 1. The van der Waals surface area contributed by atoms with E-state index in [1.165, 1.54) is 16.4 Å². The molecular weight excluding hydrogens is 330 g/mol. The maximum absolute atomic E-state index is 12.4. The normalized spacial score (nSPS) is 13.2. The van der Waals surface area contributed by atoms with E-state index in [9.17, 15) is 8.42 Å². The van der Waals surface area contributed by atoms with Crippen molar-refractivity contribution in [2.45, 2.75) is 18.7 Å². The van der Waals surface area contributed by atoms with Gasteiger partial charge < -0.3 is 5.73 Å². The lowest BCUT2D eigenvalue weighted by molar-refractivity contribution is 0.400. The molecule has 0 aliphatic heterocycles. The Labute approximate surface area is 122 Å². The molecule has 1 aromatic carbocycles. The standard InChI is InChI=1S/C12H16BrN3O2S/c1-3-16(8-9(2)7-14)19(17,18)10-4-5-12(15)11(13)6-10/h4-6,9H,3,8,15H2,1-2H3. The van der Waals surface area contributed by atoms with E-state index in [0.717, 1.165) is 0 Å². The maximum atomic E-state index is 12.4. The van der Waals surface area contributed by atoms with Gasteiger partial charge in [-0.15, -0.1) is 0 Å². The van der Waals surface area contributed by atoms with Gasteiger partial charge in [-0.25, -0.2) is 8.42 Å². The predicted molar refractivity (Wildman–Crippen MR) is 77.8 cm³/mol. The van der Waals surface area contributed by atoms with E-state index in [0.29, 0.717) is 16.7 Å². The van der Waals surface area contributed by atoms with Crippen molar-refractivity contribution in [2.75, 3.05) is 18.8 Å². The molecule has 0 aliphatic rings. The summed E-state index contributed by atoms with van der Waals surface area (Å²) in [5.41, 5.74) is 6.12. The van der Waals surface area contributed by atoms with E-state index < -0.39 is 10.0 Å². The topological polar surface area (TPSA) is 87.2 Å². The van der Waals surface area contributed by atoms with E-state index in [4.69, 9.17) is 11.0 Å². The number of hydrogen-bond donors (Lipinski definition) is 1. The molecule has 0 aliphatic carbocycles. The van der Waals surface area contributed by atoms with Crippen LogP contribution in [0, 0.1) is 17.2 Å². The van der Waals surface area contributed by atoms with E-state index in [1.807, 2.05) is 6.07 Å². The van der Waals surface area contributed by atoms with Gasteiger partial charge in [0.15, 0.2) is 0 Å². The van der Waals surface area contributed by atoms with Gasteiger partial charge in [0.25, 0.3) is 0 Å². The van der Waals surface area contributed by atoms with Crippen LogP contribution < -0.4 is 5.73 Å². The molecule has 104 valence electrons. The van der Waals surface area contributed by atoms with Crippen LogP contribution in [0.5, 0.6) is 0 Å². The Morgan fingerprint density at radius 2 is 2.16 bits per heavy atom. The third kappa shape index (κ3) is 3.69. The highest BCUT2D eigenvalue weighted by Gasteiger charge is 2.25. The lowest BCUT2D eigenvalue weighted by Gasteiger charge is -2.21. The number of benzene rings is 1. The summed E-state index contributed by atoms with van der Waals surface area (Å²) >= 11 is 3.21. The highest BCUT2D eigenvalue weighted by Crippen LogP contribution is 2.25. The molecule has 1 unspecified atom stereocenters. The van der Waals surface area contributed by atoms with Gasteiger partial charge in [-0.2, -0.15) is 9.57 Å². The van der Waals surface area contributed by atoms with Gasteiger partial charge in [0.05, 0.1) is 16.9 Å². The van der Waals surface area contributed by atoms with Crippen LogP contribution in [0.2, 0.25) is 0 Å². The summed E-state index contributed by atoms with van der Waals surface area (Å²) < 4.78 is 26.7. The first-order chi connectivity index (χ1) is 8.82. The molecule has 1 rings (SSSR count). The van der Waals surface area contributed by atoms with Crippen molar-refractivity contribution in [1.29, 1.82) is 5.26 Å². The van der Waals surface area contributed by atoms with Gasteiger partial charge in [-0.1, -0.05) is 6.92 Å². The van der Waals surface area contributed by atoms with Gasteiger partial charge in [0, 0.05) is 23.2 Å². The summed E-state index contributed by atoms with van der Waals surface area (Å²) in [6, 6.07) is 6.52. The third-order valence-corrected chi connectivity index (χ3v) is 5.28. The van der Waals surface area contributed by atoms with E-state index in [-0.39, 0.29) is 17.4 Å². The fourth-order valence-corrected chi connectivity index (χ4v) is 3.66. The quantitative estimate of drug-likeness (QED) is 0.828. The second kappa shape index (κ2) is 6.37. The minimum Gasteiger partial charge on any atom is -0.398 e. The van der Waals surface area contributed by atoms with Crippen LogP contribution in [-0.2, 0) is 10.0 Å². The molecule has 1 aromatic rings. The summed E-state index contributed by atoms with van der Waals surface area (Å²) in [6.07, 6.45) is 0. The summed E-state index contributed by atoms with van der Waals surface area (Å²) in [5, 5.41) is 8.80. The van der Waals surface area contributed by atoms with Crippen LogP contribution >= 0.6 is 15.9 Å². The fourth-order valence-electron chi connectivity index (χ4n) is 1.56. The van der Waals surface area contributed by atoms with Crippen molar-refractivity contribution in [2.24, 2.45) is 5.92 Å². The van der Waals surface area contributed by atoms with E-state index in [2.05, 4.69) is 15.9 Å². The first-order valence-corrected chi connectivity index (χ1v) is 8.01. The highest BCUT2D eigenvalue weighted by molar-refractivity contribution is 9.10. The number of hydrogen-bond acceptors (Lipinski definition) is 4. The monoisotopic (exact) mass is 345 g/mol. The van der Waals surface area contributed by atoms with Crippen LogP contribution in [0.25, 0.3) is 0 Å². The van der Waals surface area contributed by atoms with Crippen LogP contribution in [-0.4, -0.2) is 25.8 Å². The SMILES string of the molecule is CCN(CC(C)C#N)S(=O)(=O)c1ccc(N)c(Br)c1. The molecule has 0 saturated heterocycles. The predicted octanol–water partition coefficient (Wildman–Crippen LogP) is 2.20. The largest absolute Gasteiger partial charge is 0.398 e. The molecule has 2 N–H and O–H groups in total. The van der Waals surface area contributed by atoms with Crippen molar-refractivity contribution in [1.82, 2.24) is 4.31 Å². The Morgan fingerprint density at radius 3 is 2.63 bits per heavy atom. The molecule has 0 aromatic heterocycles.